The van der Waals surface area contributed by atoms with Gasteiger partial charge in [0.25, 0.3) is 0 Å². The second-order valence-electron chi connectivity index (χ2n) is 5.51. The lowest BCUT2D eigenvalue weighted by molar-refractivity contribution is 0.0903. The number of rotatable bonds is 2. The van der Waals surface area contributed by atoms with Crippen molar-refractivity contribution in [1.82, 2.24) is 0 Å². The van der Waals surface area contributed by atoms with Crippen LogP contribution < -0.4 is 10.1 Å². The van der Waals surface area contributed by atoms with Crippen molar-refractivity contribution in [3.05, 3.63) is 23.8 Å². The molecule has 0 amide bonds. The first-order valence-corrected chi connectivity index (χ1v) is 7.40. The summed E-state index contributed by atoms with van der Waals surface area (Å²) < 4.78 is 5.71. The molecule has 1 aromatic carbocycles. The number of nitrogens with one attached hydrogen (secondary N) is 1. The predicted molar refractivity (Wildman–Crippen MR) is 75.9 cm³/mol. The first kappa shape index (κ1) is 12.5. The second-order valence-corrected chi connectivity index (χ2v) is 5.51. The van der Waals surface area contributed by atoms with Gasteiger partial charge in [-0.25, -0.2) is 0 Å². The van der Waals surface area contributed by atoms with Crippen LogP contribution >= 0.6 is 0 Å². The lowest BCUT2D eigenvalue weighted by Crippen LogP contribution is -2.22. The normalized spacial score (nSPS) is 19.8. The molecule has 3 rings (SSSR count). The largest absolute Gasteiger partial charge is 0.489 e. The third-order valence-electron chi connectivity index (χ3n) is 4.17. The molecule has 102 valence electrons. The minimum Gasteiger partial charge on any atom is -0.489 e. The number of carbonyl (C=O) groups is 1. The first-order chi connectivity index (χ1) is 9.36. The number of ether oxygens (including phenoxy) is 1. The van der Waals surface area contributed by atoms with Crippen molar-refractivity contribution in [2.75, 3.05) is 18.5 Å². The fourth-order valence-corrected chi connectivity index (χ4v) is 3.13. The summed E-state index contributed by atoms with van der Waals surface area (Å²) in [6, 6.07) is 5.85. The van der Waals surface area contributed by atoms with E-state index in [-0.39, 0.29) is 11.7 Å². The molecule has 3 heteroatoms. The van der Waals surface area contributed by atoms with Crippen LogP contribution in [0, 0.1) is 5.92 Å². The van der Waals surface area contributed by atoms with E-state index in [1.807, 2.05) is 18.2 Å². The molecular formula is C16H21NO2. The van der Waals surface area contributed by atoms with Crippen molar-refractivity contribution in [1.29, 1.82) is 0 Å². The van der Waals surface area contributed by atoms with Crippen LogP contribution in [-0.2, 0) is 0 Å². The van der Waals surface area contributed by atoms with Crippen LogP contribution in [0.25, 0.3) is 0 Å². The Hall–Kier alpha value is -1.51. The molecule has 1 heterocycles. The zero-order valence-electron chi connectivity index (χ0n) is 11.3. The topological polar surface area (TPSA) is 38.3 Å². The Kier molecular flexibility index (Phi) is 3.72. The molecule has 1 N–H and O–H groups in total. The standard InChI is InChI=1S/C16H21NO2/c18-15(12-6-3-1-2-4-7-12)13-8-5-9-14-16(13)19-11-10-17-14/h5,8-9,12,17H,1-4,6-7,10-11H2. The molecule has 1 saturated carbocycles. The third kappa shape index (κ3) is 2.60. The van der Waals surface area contributed by atoms with E-state index < -0.39 is 0 Å². The van der Waals surface area contributed by atoms with Crippen molar-refractivity contribution in [3.63, 3.8) is 0 Å². The molecule has 0 saturated heterocycles. The number of fused-ring (bicyclic) bond motifs is 1. The molecule has 0 radical (unpaired) electrons. The number of Topliss-reactive ketones (excluding diaryl/α,β-unsaturated/α-hetero) is 1. The zero-order chi connectivity index (χ0) is 13.1. The lowest BCUT2D eigenvalue weighted by atomic mass is 9.90. The molecule has 0 bridgehead atoms. The highest BCUT2D eigenvalue weighted by Crippen LogP contribution is 2.35. The average Bonchev–Trinajstić information content (AvgIpc) is 2.75. The molecule has 0 atom stereocenters. The summed E-state index contributed by atoms with van der Waals surface area (Å²) in [7, 11) is 0. The SMILES string of the molecule is O=C(c1cccc2c1OCCN2)C1CCCCCC1. The highest BCUT2D eigenvalue weighted by Gasteiger charge is 2.26. The van der Waals surface area contributed by atoms with Crippen LogP contribution in [0.1, 0.15) is 48.9 Å². The average molecular weight is 259 g/mol. The van der Waals surface area contributed by atoms with Gasteiger partial charge < -0.3 is 10.1 Å². The second kappa shape index (κ2) is 5.64. The van der Waals surface area contributed by atoms with Crippen LogP contribution in [0.15, 0.2) is 18.2 Å². The Labute approximate surface area is 114 Å². The molecule has 1 aliphatic carbocycles. The van der Waals surface area contributed by atoms with E-state index in [0.717, 1.165) is 36.4 Å². The van der Waals surface area contributed by atoms with Crippen LogP contribution in [0.4, 0.5) is 5.69 Å². The fourth-order valence-electron chi connectivity index (χ4n) is 3.13. The maximum absolute atomic E-state index is 12.7. The van der Waals surface area contributed by atoms with Gasteiger partial charge in [0.2, 0.25) is 0 Å². The van der Waals surface area contributed by atoms with E-state index in [9.17, 15) is 4.79 Å². The van der Waals surface area contributed by atoms with E-state index in [2.05, 4.69) is 5.32 Å². The molecule has 1 aromatic rings. The summed E-state index contributed by atoms with van der Waals surface area (Å²) in [4.78, 5) is 12.7. The summed E-state index contributed by atoms with van der Waals surface area (Å²) >= 11 is 0. The first-order valence-electron chi connectivity index (χ1n) is 7.40. The number of hydrogen-bond acceptors (Lipinski definition) is 3. The molecule has 3 nitrogen and oxygen atoms in total. The van der Waals surface area contributed by atoms with Crippen LogP contribution in [0.3, 0.4) is 0 Å². The summed E-state index contributed by atoms with van der Waals surface area (Å²) in [5, 5.41) is 3.30. The molecule has 0 aromatic heterocycles. The van der Waals surface area contributed by atoms with Crippen molar-refractivity contribution < 1.29 is 9.53 Å². The summed E-state index contributed by atoms with van der Waals surface area (Å²) in [6.45, 7) is 1.45. The van der Waals surface area contributed by atoms with Crippen molar-refractivity contribution in [2.24, 2.45) is 5.92 Å². The summed E-state index contributed by atoms with van der Waals surface area (Å²) in [5.74, 6) is 1.24. The molecule has 0 unspecified atom stereocenters. The molecular weight excluding hydrogens is 238 g/mol. The third-order valence-corrected chi connectivity index (χ3v) is 4.17. The molecule has 1 aliphatic heterocycles. The van der Waals surface area contributed by atoms with Crippen molar-refractivity contribution in [3.8, 4) is 5.75 Å². The van der Waals surface area contributed by atoms with E-state index in [1.54, 1.807) is 0 Å². The van der Waals surface area contributed by atoms with Gasteiger partial charge in [-0.2, -0.15) is 0 Å². The summed E-state index contributed by atoms with van der Waals surface area (Å²) in [5.41, 5.74) is 1.74. The van der Waals surface area contributed by atoms with E-state index in [0.29, 0.717) is 6.61 Å². The zero-order valence-corrected chi connectivity index (χ0v) is 11.3. The molecule has 1 fully saturated rings. The van der Waals surface area contributed by atoms with Gasteiger partial charge in [-0.1, -0.05) is 31.7 Å². The van der Waals surface area contributed by atoms with Gasteiger partial charge in [0, 0.05) is 12.5 Å². The van der Waals surface area contributed by atoms with Gasteiger partial charge in [0.05, 0.1) is 11.3 Å². The molecule has 2 aliphatic rings. The Morgan fingerprint density at radius 2 is 1.95 bits per heavy atom. The van der Waals surface area contributed by atoms with Gasteiger partial charge in [-0.15, -0.1) is 0 Å². The van der Waals surface area contributed by atoms with Crippen LogP contribution in [0.5, 0.6) is 5.75 Å². The monoisotopic (exact) mass is 259 g/mol. The maximum atomic E-state index is 12.7. The lowest BCUT2D eigenvalue weighted by Gasteiger charge is -2.23. The number of anilines is 1. The van der Waals surface area contributed by atoms with Crippen molar-refractivity contribution >= 4 is 11.5 Å². The Morgan fingerprint density at radius 3 is 2.74 bits per heavy atom. The summed E-state index contributed by atoms with van der Waals surface area (Å²) in [6.07, 6.45) is 6.99. The number of ketones is 1. The van der Waals surface area contributed by atoms with Crippen LogP contribution in [-0.4, -0.2) is 18.9 Å². The van der Waals surface area contributed by atoms with Gasteiger partial charge in [-0.3, -0.25) is 4.79 Å². The van der Waals surface area contributed by atoms with Gasteiger partial charge in [0.15, 0.2) is 11.5 Å². The fraction of sp³-hybridized carbons (Fsp3) is 0.562. The highest BCUT2D eigenvalue weighted by molar-refractivity contribution is 6.02. The molecule has 19 heavy (non-hydrogen) atoms. The number of benzene rings is 1. The van der Waals surface area contributed by atoms with Crippen LogP contribution in [0.2, 0.25) is 0 Å². The van der Waals surface area contributed by atoms with Gasteiger partial charge >= 0.3 is 0 Å². The number of hydrogen-bond donors (Lipinski definition) is 1. The quantitative estimate of drug-likeness (QED) is 0.651. The minimum absolute atomic E-state index is 0.194. The van der Waals surface area contributed by atoms with E-state index in [4.69, 9.17) is 4.74 Å². The van der Waals surface area contributed by atoms with Gasteiger partial charge in [-0.05, 0) is 25.0 Å². The van der Waals surface area contributed by atoms with E-state index in [1.165, 1.54) is 25.7 Å². The maximum Gasteiger partial charge on any atom is 0.169 e. The smallest absolute Gasteiger partial charge is 0.169 e. The Bertz CT molecular complexity index is 462. The predicted octanol–water partition coefficient (Wildman–Crippen LogP) is 3.64. The number of para-hydroxylation sites is 1. The van der Waals surface area contributed by atoms with Gasteiger partial charge in [0.1, 0.15) is 6.61 Å². The number of carbonyl (C=O) groups excluding carboxylic acids is 1. The van der Waals surface area contributed by atoms with E-state index >= 15 is 0 Å². The Morgan fingerprint density at radius 1 is 1.16 bits per heavy atom. The molecule has 0 spiro atoms. The Balaban J connectivity index is 1.86. The minimum atomic E-state index is 0.194. The highest BCUT2D eigenvalue weighted by atomic mass is 16.5. The van der Waals surface area contributed by atoms with Crippen molar-refractivity contribution in [2.45, 2.75) is 38.5 Å².